The minimum atomic E-state index is -0.234. The van der Waals surface area contributed by atoms with Gasteiger partial charge in [-0.2, -0.15) is 0 Å². The van der Waals surface area contributed by atoms with Crippen molar-refractivity contribution >= 4 is 36.0 Å². The zero-order chi connectivity index (χ0) is 18.1. The smallest absolute Gasteiger partial charge is 0.409 e. The predicted octanol–water partition coefficient (Wildman–Crippen LogP) is 2.38. The summed E-state index contributed by atoms with van der Waals surface area (Å²) in [4.78, 5) is 17.8. The van der Waals surface area contributed by atoms with E-state index in [-0.39, 0.29) is 36.1 Å². The minimum absolute atomic E-state index is 0. The number of halogens is 1. The quantitative estimate of drug-likeness (QED) is 0.374. The number of hydrogen-bond donors (Lipinski definition) is 2. The zero-order valence-corrected chi connectivity index (χ0v) is 17.8. The van der Waals surface area contributed by atoms with Gasteiger partial charge in [-0.05, 0) is 43.9 Å². The molecule has 1 aromatic carbocycles. The van der Waals surface area contributed by atoms with E-state index in [9.17, 15) is 4.79 Å². The topological polar surface area (TPSA) is 89.2 Å². The molecule has 1 fully saturated rings. The molecule has 26 heavy (non-hydrogen) atoms. The third kappa shape index (κ3) is 7.27. The second-order valence-corrected chi connectivity index (χ2v) is 5.97. The molecule has 0 aliphatic carbocycles. The van der Waals surface area contributed by atoms with Gasteiger partial charge in [-0.25, -0.2) is 4.79 Å². The Balaban J connectivity index is 0.00000338. The fourth-order valence-corrected chi connectivity index (χ4v) is 2.77. The maximum Gasteiger partial charge on any atom is 0.409 e. The summed E-state index contributed by atoms with van der Waals surface area (Å²) in [6.07, 6.45) is 2.27. The van der Waals surface area contributed by atoms with Gasteiger partial charge in [-0.15, -0.1) is 24.0 Å². The number of nitrogens with one attached hydrogen (secondary N) is 1. The maximum absolute atomic E-state index is 11.7. The largest absolute Gasteiger partial charge is 0.497 e. The lowest BCUT2D eigenvalue weighted by atomic mass is 10.1. The number of carbonyl (C=O) groups excluding carboxylic acids is 1. The summed E-state index contributed by atoms with van der Waals surface area (Å²) in [5.41, 5.74) is 7.16. The van der Waals surface area contributed by atoms with Crippen molar-refractivity contribution in [1.29, 1.82) is 0 Å². The van der Waals surface area contributed by atoms with Crippen molar-refractivity contribution in [2.75, 3.05) is 33.4 Å². The number of piperidine rings is 1. The second-order valence-electron chi connectivity index (χ2n) is 5.97. The summed E-state index contributed by atoms with van der Waals surface area (Å²) in [6, 6.07) is 8.19. The highest BCUT2D eigenvalue weighted by Crippen LogP contribution is 2.12. The number of aliphatic imine (C=N–C) groups is 1. The number of methoxy groups -OCH3 is 1. The Morgan fingerprint density at radius 3 is 2.54 bits per heavy atom. The van der Waals surface area contributed by atoms with Gasteiger partial charge in [0, 0.05) is 25.7 Å². The molecular formula is C18H29IN4O3. The van der Waals surface area contributed by atoms with Crippen molar-refractivity contribution < 1.29 is 14.3 Å². The Hall–Kier alpha value is -1.71. The molecule has 0 saturated carbocycles. The molecule has 0 aromatic heterocycles. The first-order valence-corrected chi connectivity index (χ1v) is 8.73. The Labute approximate surface area is 172 Å². The molecule has 1 saturated heterocycles. The second kappa shape index (κ2) is 11.8. The number of benzene rings is 1. The highest BCUT2D eigenvalue weighted by Gasteiger charge is 2.23. The van der Waals surface area contributed by atoms with Crippen LogP contribution < -0.4 is 15.8 Å². The first-order valence-electron chi connectivity index (χ1n) is 8.73. The van der Waals surface area contributed by atoms with Crippen LogP contribution >= 0.6 is 24.0 Å². The van der Waals surface area contributed by atoms with Gasteiger partial charge >= 0.3 is 6.09 Å². The summed E-state index contributed by atoms with van der Waals surface area (Å²) >= 11 is 0. The molecule has 2 rings (SSSR count). The van der Waals surface area contributed by atoms with Crippen molar-refractivity contribution in [3.05, 3.63) is 29.8 Å². The first-order chi connectivity index (χ1) is 12.1. The van der Waals surface area contributed by atoms with Crippen LogP contribution in [0.1, 0.15) is 25.3 Å². The molecule has 1 amide bonds. The van der Waals surface area contributed by atoms with E-state index in [0.717, 1.165) is 25.0 Å². The molecule has 1 aromatic rings. The van der Waals surface area contributed by atoms with E-state index in [1.807, 2.05) is 31.2 Å². The molecule has 0 atom stereocenters. The number of nitrogens with two attached hydrogens (primary N) is 1. The van der Waals surface area contributed by atoms with Gasteiger partial charge in [0.15, 0.2) is 5.96 Å². The number of hydrogen-bond acceptors (Lipinski definition) is 4. The van der Waals surface area contributed by atoms with Crippen molar-refractivity contribution in [2.45, 2.75) is 32.2 Å². The van der Waals surface area contributed by atoms with Gasteiger partial charge in [0.1, 0.15) is 5.75 Å². The van der Waals surface area contributed by atoms with Crippen molar-refractivity contribution in [2.24, 2.45) is 10.7 Å². The van der Waals surface area contributed by atoms with Crippen LogP contribution in [0.4, 0.5) is 4.79 Å². The van der Waals surface area contributed by atoms with E-state index in [0.29, 0.717) is 32.2 Å². The molecule has 0 bridgehead atoms. The van der Waals surface area contributed by atoms with Crippen molar-refractivity contribution in [1.82, 2.24) is 10.2 Å². The summed E-state index contributed by atoms with van der Waals surface area (Å²) < 4.78 is 10.2. The van der Waals surface area contributed by atoms with Crippen LogP contribution in [0, 0.1) is 0 Å². The minimum Gasteiger partial charge on any atom is -0.497 e. The molecule has 146 valence electrons. The monoisotopic (exact) mass is 476 g/mol. The fraction of sp³-hybridized carbons (Fsp3) is 0.556. The summed E-state index contributed by atoms with van der Waals surface area (Å²) in [6.45, 7) is 4.21. The van der Waals surface area contributed by atoms with E-state index in [1.165, 1.54) is 5.56 Å². The number of amides is 1. The molecule has 0 radical (unpaired) electrons. The predicted molar refractivity (Wildman–Crippen MR) is 113 cm³/mol. The van der Waals surface area contributed by atoms with Crippen LogP contribution in [0.2, 0.25) is 0 Å². The van der Waals surface area contributed by atoms with Crippen LogP contribution in [0.25, 0.3) is 0 Å². The molecule has 7 nitrogen and oxygen atoms in total. The van der Waals surface area contributed by atoms with Gasteiger partial charge in [0.2, 0.25) is 0 Å². The molecule has 1 heterocycles. The third-order valence-corrected chi connectivity index (χ3v) is 4.21. The van der Waals surface area contributed by atoms with Gasteiger partial charge in [0.05, 0.1) is 13.7 Å². The SMILES string of the molecule is CCOC(=O)N1CCC(NC(N)=NCCc2ccc(OC)cc2)CC1.I. The fourth-order valence-electron chi connectivity index (χ4n) is 2.77. The van der Waals surface area contributed by atoms with Crippen molar-refractivity contribution in [3.8, 4) is 5.75 Å². The molecule has 0 unspecified atom stereocenters. The van der Waals surface area contributed by atoms with Gasteiger partial charge < -0.3 is 25.4 Å². The van der Waals surface area contributed by atoms with Crippen LogP contribution in [0.15, 0.2) is 29.3 Å². The lowest BCUT2D eigenvalue weighted by molar-refractivity contribution is 0.0963. The number of nitrogens with zero attached hydrogens (tertiary/aromatic N) is 2. The van der Waals surface area contributed by atoms with Crippen LogP contribution in [0.5, 0.6) is 5.75 Å². The van der Waals surface area contributed by atoms with E-state index < -0.39 is 0 Å². The Morgan fingerprint density at radius 2 is 1.96 bits per heavy atom. The lowest BCUT2D eigenvalue weighted by Crippen LogP contribution is -2.48. The van der Waals surface area contributed by atoms with Gasteiger partial charge in [-0.1, -0.05) is 12.1 Å². The number of likely N-dealkylation sites (tertiary alicyclic amines) is 1. The van der Waals surface area contributed by atoms with E-state index in [1.54, 1.807) is 12.0 Å². The van der Waals surface area contributed by atoms with Crippen LogP contribution in [-0.4, -0.2) is 56.3 Å². The number of ether oxygens (including phenoxy) is 2. The van der Waals surface area contributed by atoms with E-state index in [4.69, 9.17) is 15.2 Å². The Morgan fingerprint density at radius 1 is 1.31 bits per heavy atom. The summed E-state index contributed by atoms with van der Waals surface area (Å²) in [5.74, 6) is 1.31. The first kappa shape index (κ1) is 22.3. The standard InChI is InChI=1S/C18H28N4O3.HI/c1-3-25-18(23)22-12-9-15(10-13-22)21-17(19)20-11-8-14-4-6-16(24-2)7-5-14;/h4-7,15H,3,8-13H2,1-2H3,(H3,19,20,21);1H. The Kier molecular flexibility index (Phi) is 10.2. The van der Waals surface area contributed by atoms with Gasteiger partial charge in [0.25, 0.3) is 0 Å². The molecule has 1 aliphatic heterocycles. The number of guanidine groups is 1. The number of carbonyl (C=O) groups is 1. The zero-order valence-electron chi connectivity index (χ0n) is 15.4. The van der Waals surface area contributed by atoms with Crippen LogP contribution in [0.3, 0.4) is 0 Å². The summed E-state index contributed by atoms with van der Waals surface area (Å²) in [5, 5.41) is 3.24. The maximum atomic E-state index is 11.7. The molecule has 8 heteroatoms. The molecular weight excluding hydrogens is 447 g/mol. The Bertz CT molecular complexity index is 572. The van der Waals surface area contributed by atoms with Gasteiger partial charge in [-0.3, -0.25) is 4.99 Å². The van der Waals surface area contributed by atoms with Crippen molar-refractivity contribution in [3.63, 3.8) is 0 Å². The average Bonchev–Trinajstić information content (AvgIpc) is 2.63. The highest BCUT2D eigenvalue weighted by molar-refractivity contribution is 14.0. The molecule has 1 aliphatic rings. The molecule has 3 N–H and O–H groups in total. The van der Waals surface area contributed by atoms with E-state index >= 15 is 0 Å². The number of rotatable bonds is 6. The summed E-state index contributed by atoms with van der Waals surface area (Å²) in [7, 11) is 1.66. The third-order valence-electron chi connectivity index (χ3n) is 4.21. The average molecular weight is 476 g/mol. The normalized spacial score (nSPS) is 15.2. The van der Waals surface area contributed by atoms with Crippen LogP contribution in [-0.2, 0) is 11.2 Å². The van der Waals surface area contributed by atoms with E-state index in [2.05, 4.69) is 10.3 Å². The lowest BCUT2D eigenvalue weighted by Gasteiger charge is -2.31. The highest BCUT2D eigenvalue weighted by atomic mass is 127. The molecule has 0 spiro atoms.